The topological polar surface area (TPSA) is 126 Å². The summed E-state index contributed by atoms with van der Waals surface area (Å²) < 4.78 is 1.74. The average molecular weight is 420 g/mol. The third-order valence-corrected chi connectivity index (χ3v) is 4.86. The minimum atomic E-state index is -0.456. The van der Waals surface area contributed by atoms with Crippen LogP contribution in [-0.4, -0.2) is 31.5 Å². The molecule has 1 aliphatic heterocycles. The van der Waals surface area contributed by atoms with Crippen molar-refractivity contribution in [2.24, 2.45) is 0 Å². The van der Waals surface area contributed by atoms with Gasteiger partial charge < -0.3 is 10.3 Å². The summed E-state index contributed by atoms with van der Waals surface area (Å²) in [6, 6.07) is 9.70. The minimum Gasteiger partial charge on any atom is -0.348 e. The van der Waals surface area contributed by atoms with Crippen LogP contribution in [0.25, 0.3) is 11.1 Å². The van der Waals surface area contributed by atoms with Crippen LogP contribution in [0.3, 0.4) is 0 Å². The van der Waals surface area contributed by atoms with E-state index >= 15 is 0 Å². The first kappa shape index (κ1) is 20.1. The van der Waals surface area contributed by atoms with Crippen LogP contribution in [0.4, 0.5) is 17.3 Å². The van der Waals surface area contributed by atoms with Crippen molar-refractivity contribution in [1.82, 2.24) is 14.8 Å². The highest BCUT2D eigenvalue weighted by atomic mass is 16.6. The molecule has 4 rings (SSSR count). The first-order valence-corrected chi connectivity index (χ1v) is 9.67. The number of aromatic nitrogens is 3. The highest BCUT2D eigenvalue weighted by Gasteiger charge is 2.21. The number of carbonyl (C=O) groups is 2. The van der Waals surface area contributed by atoms with Crippen LogP contribution in [-0.2, 0) is 16.1 Å². The SMILES string of the molecule is Cc1cc2n(n1)CC=CN2C(=O)CCC(=O)Nc1cc(-c2ccc([N+](=O)[O-])cc2)c[nH]1. The monoisotopic (exact) mass is 420 g/mol. The summed E-state index contributed by atoms with van der Waals surface area (Å²) in [4.78, 5) is 39.7. The van der Waals surface area contributed by atoms with Crippen LogP contribution in [0, 0.1) is 17.0 Å². The quantitative estimate of drug-likeness (QED) is 0.467. The fourth-order valence-electron chi connectivity index (χ4n) is 3.36. The van der Waals surface area contributed by atoms with E-state index in [0.29, 0.717) is 18.2 Å². The van der Waals surface area contributed by atoms with Gasteiger partial charge in [0.05, 0.1) is 17.2 Å². The molecule has 0 aliphatic carbocycles. The fraction of sp³-hybridized carbons (Fsp3) is 0.190. The summed E-state index contributed by atoms with van der Waals surface area (Å²) in [5.74, 6) is 0.696. The van der Waals surface area contributed by atoms with Crippen molar-refractivity contribution in [3.63, 3.8) is 0 Å². The number of rotatable bonds is 6. The predicted molar refractivity (Wildman–Crippen MR) is 114 cm³/mol. The molecule has 0 unspecified atom stereocenters. The zero-order chi connectivity index (χ0) is 22.0. The molecular weight excluding hydrogens is 400 g/mol. The lowest BCUT2D eigenvalue weighted by Crippen LogP contribution is -2.30. The molecule has 0 bridgehead atoms. The van der Waals surface area contributed by atoms with Crippen molar-refractivity contribution in [1.29, 1.82) is 0 Å². The molecule has 2 aromatic heterocycles. The van der Waals surface area contributed by atoms with Gasteiger partial charge in [0.2, 0.25) is 11.8 Å². The molecule has 158 valence electrons. The summed E-state index contributed by atoms with van der Waals surface area (Å²) in [6.07, 6.45) is 5.33. The maximum absolute atomic E-state index is 12.6. The molecule has 31 heavy (non-hydrogen) atoms. The van der Waals surface area contributed by atoms with E-state index in [9.17, 15) is 19.7 Å². The number of nitro benzene ring substituents is 1. The number of allylic oxidation sites excluding steroid dienone is 1. The molecular formula is C21H20N6O4. The number of nitrogens with zero attached hydrogens (tertiary/aromatic N) is 4. The van der Waals surface area contributed by atoms with Gasteiger partial charge in [-0.1, -0.05) is 0 Å². The van der Waals surface area contributed by atoms with Gasteiger partial charge in [0, 0.05) is 49.0 Å². The standard InChI is InChI=1S/C21H20N6O4/c1-14-11-20-25(9-2-10-26(20)24-14)21(29)8-7-19(28)23-18-12-16(13-22-18)15-3-5-17(6-4-15)27(30)31/h2-6,9,11-13,22H,7-8,10H2,1H3,(H,23,28). The average Bonchev–Trinajstić information content (AvgIpc) is 3.37. The molecule has 0 saturated carbocycles. The summed E-state index contributed by atoms with van der Waals surface area (Å²) >= 11 is 0. The minimum absolute atomic E-state index is 0.0132. The number of amides is 2. The van der Waals surface area contributed by atoms with Crippen molar-refractivity contribution in [2.75, 3.05) is 10.2 Å². The maximum Gasteiger partial charge on any atom is 0.269 e. The lowest BCUT2D eigenvalue weighted by Gasteiger charge is -2.22. The molecule has 0 spiro atoms. The van der Waals surface area contributed by atoms with Gasteiger partial charge in [-0.3, -0.25) is 24.6 Å². The van der Waals surface area contributed by atoms with Crippen LogP contribution in [0.2, 0.25) is 0 Å². The molecule has 3 heterocycles. The van der Waals surface area contributed by atoms with E-state index in [1.807, 2.05) is 19.1 Å². The number of nitrogens with one attached hydrogen (secondary N) is 2. The number of H-pyrrole nitrogens is 1. The van der Waals surface area contributed by atoms with Gasteiger partial charge in [-0.25, -0.2) is 4.68 Å². The number of hydrogen-bond acceptors (Lipinski definition) is 5. The normalized spacial score (nSPS) is 12.5. The first-order chi connectivity index (χ1) is 14.9. The van der Waals surface area contributed by atoms with E-state index in [1.54, 1.807) is 35.3 Å². The van der Waals surface area contributed by atoms with Crippen LogP contribution < -0.4 is 10.2 Å². The van der Waals surface area contributed by atoms with Crippen molar-refractivity contribution < 1.29 is 14.5 Å². The van der Waals surface area contributed by atoms with E-state index < -0.39 is 4.92 Å². The van der Waals surface area contributed by atoms with E-state index in [2.05, 4.69) is 15.4 Å². The number of fused-ring (bicyclic) bond motifs is 1. The van der Waals surface area contributed by atoms with E-state index in [4.69, 9.17) is 0 Å². The third kappa shape index (κ3) is 4.37. The number of hydrogen-bond donors (Lipinski definition) is 2. The molecule has 10 heteroatoms. The molecule has 10 nitrogen and oxygen atoms in total. The molecule has 2 amide bonds. The van der Waals surface area contributed by atoms with Crippen LogP contribution in [0.15, 0.2) is 54.9 Å². The Kier molecular flexibility index (Phi) is 5.35. The Hall–Kier alpha value is -4.21. The van der Waals surface area contributed by atoms with Gasteiger partial charge in [-0.2, -0.15) is 5.10 Å². The van der Waals surface area contributed by atoms with Crippen molar-refractivity contribution in [3.8, 4) is 11.1 Å². The van der Waals surface area contributed by atoms with Gasteiger partial charge >= 0.3 is 0 Å². The Balaban J connectivity index is 1.33. The number of non-ortho nitro benzene ring substituents is 1. The van der Waals surface area contributed by atoms with Gasteiger partial charge in [0.25, 0.3) is 5.69 Å². The summed E-state index contributed by atoms with van der Waals surface area (Å²) in [5, 5.41) is 17.8. The molecule has 0 saturated heterocycles. The number of carbonyl (C=O) groups excluding carboxylic acids is 2. The lowest BCUT2D eigenvalue weighted by molar-refractivity contribution is -0.384. The Labute approximate surface area is 177 Å². The summed E-state index contributed by atoms with van der Waals surface area (Å²) in [5.41, 5.74) is 2.40. The molecule has 3 aromatic rings. The molecule has 0 radical (unpaired) electrons. The van der Waals surface area contributed by atoms with Gasteiger partial charge in [-0.05, 0) is 36.8 Å². The predicted octanol–water partition coefficient (Wildman–Crippen LogP) is 3.37. The van der Waals surface area contributed by atoms with E-state index in [1.165, 1.54) is 17.0 Å². The zero-order valence-electron chi connectivity index (χ0n) is 16.7. The molecule has 0 fully saturated rings. The summed E-state index contributed by atoms with van der Waals surface area (Å²) in [7, 11) is 0. The molecule has 2 N–H and O–H groups in total. The summed E-state index contributed by atoms with van der Waals surface area (Å²) in [6.45, 7) is 2.47. The number of aromatic amines is 1. The van der Waals surface area contributed by atoms with Crippen LogP contribution in [0.5, 0.6) is 0 Å². The van der Waals surface area contributed by atoms with Gasteiger partial charge in [0.15, 0.2) is 0 Å². The largest absolute Gasteiger partial charge is 0.348 e. The second-order valence-corrected chi connectivity index (χ2v) is 7.13. The zero-order valence-corrected chi connectivity index (χ0v) is 16.7. The lowest BCUT2D eigenvalue weighted by atomic mass is 10.1. The first-order valence-electron chi connectivity index (χ1n) is 9.67. The Morgan fingerprint density at radius 1 is 1.19 bits per heavy atom. The van der Waals surface area contributed by atoms with Crippen molar-refractivity contribution in [2.45, 2.75) is 26.3 Å². The highest BCUT2D eigenvalue weighted by molar-refractivity contribution is 5.98. The maximum atomic E-state index is 12.6. The Morgan fingerprint density at radius 2 is 1.97 bits per heavy atom. The van der Waals surface area contributed by atoms with Crippen molar-refractivity contribution >= 4 is 29.1 Å². The number of anilines is 2. The van der Waals surface area contributed by atoms with Gasteiger partial charge in [-0.15, -0.1) is 0 Å². The van der Waals surface area contributed by atoms with E-state index in [0.717, 1.165) is 16.8 Å². The Bertz CT molecular complexity index is 1170. The third-order valence-electron chi connectivity index (χ3n) is 4.86. The fourth-order valence-corrected chi connectivity index (χ4v) is 3.36. The van der Waals surface area contributed by atoms with E-state index in [-0.39, 0.29) is 30.3 Å². The van der Waals surface area contributed by atoms with Crippen molar-refractivity contribution in [3.05, 3.63) is 70.7 Å². The molecule has 1 aromatic carbocycles. The van der Waals surface area contributed by atoms with Gasteiger partial charge in [0.1, 0.15) is 11.6 Å². The Morgan fingerprint density at radius 3 is 2.71 bits per heavy atom. The number of nitro groups is 1. The molecule has 1 aliphatic rings. The van der Waals surface area contributed by atoms with Crippen LogP contribution in [0.1, 0.15) is 18.5 Å². The number of benzene rings is 1. The number of aryl methyl sites for hydroxylation is 1. The second-order valence-electron chi connectivity index (χ2n) is 7.13. The smallest absolute Gasteiger partial charge is 0.269 e. The highest BCUT2D eigenvalue weighted by Crippen LogP contribution is 2.25. The second kappa shape index (κ2) is 8.27. The van der Waals surface area contributed by atoms with Crippen LogP contribution >= 0.6 is 0 Å². The molecule has 0 atom stereocenters.